The Labute approximate surface area is 96.3 Å². The van der Waals surface area contributed by atoms with Crippen LogP contribution in [0.4, 0.5) is 11.5 Å². The molecule has 2 heterocycles. The highest BCUT2D eigenvalue weighted by Gasteiger charge is 2.19. The SMILES string of the molecule is Cc1cc(C)nc(-n2ncc([N+](=O)[O-])c2N)n1. The van der Waals surface area contributed by atoms with Gasteiger partial charge in [-0.15, -0.1) is 0 Å². The van der Waals surface area contributed by atoms with E-state index in [9.17, 15) is 10.1 Å². The number of rotatable bonds is 2. The molecule has 0 atom stereocenters. The summed E-state index contributed by atoms with van der Waals surface area (Å²) in [6.45, 7) is 3.60. The lowest BCUT2D eigenvalue weighted by Gasteiger charge is -2.03. The van der Waals surface area contributed by atoms with Crippen molar-refractivity contribution >= 4 is 11.5 Å². The predicted octanol–water partition coefficient (Wildman–Crippen LogP) is 0.770. The fourth-order valence-corrected chi connectivity index (χ4v) is 1.45. The highest BCUT2D eigenvalue weighted by Crippen LogP contribution is 2.21. The molecule has 0 aromatic carbocycles. The number of hydrogen-bond acceptors (Lipinski definition) is 6. The minimum atomic E-state index is -0.596. The van der Waals surface area contributed by atoms with Crippen LogP contribution in [0.2, 0.25) is 0 Å². The van der Waals surface area contributed by atoms with Gasteiger partial charge in [-0.1, -0.05) is 0 Å². The van der Waals surface area contributed by atoms with Crippen LogP contribution in [0.1, 0.15) is 11.4 Å². The third-order valence-corrected chi connectivity index (χ3v) is 2.14. The van der Waals surface area contributed by atoms with Crippen molar-refractivity contribution in [2.45, 2.75) is 13.8 Å². The van der Waals surface area contributed by atoms with E-state index in [0.29, 0.717) is 0 Å². The summed E-state index contributed by atoms with van der Waals surface area (Å²) >= 11 is 0. The number of nitrogens with two attached hydrogens (primary N) is 1. The molecule has 0 saturated heterocycles. The zero-order valence-electron chi connectivity index (χ0n) is 9.28. The third-order valence-electron chi connectivity index (χ3n) is 2.14. The summed E-state index contributed by atoms with van der Waals surface area (Å²) in [6.07, 6.45) is 1.08. The first kappa shape index (κ1) is 11.0. The quantitative estimate of drug-likeness (QED) is 0.606. The van der Waals surface area contributed by atoms with Crippen molar-refractivity contribution < 1.29 is 4.92 Å². The van der Waals surface area contributed by atoms with Gasteiger partial charge in [0.25, 0.3) is 5.95 Å². The van der Waals surface area contributed by atoms with E-state index in [0.717, 1.165) is 22.3 Å². The van der Waals surface area contributed by atoms with Crippen LogP contribution in [0.25, 0.3) is 5.95 Å². The Kier molecular flexibility index (Phi) is 2.47. The normalized spacial score (nSPS) is 10.5. The van der Waals surface area contributed by atoms with Crippen LogP contribution in [0.15, 0.2) is 12.3 Å². The van der Waals surface area contributed by atoms with E-state index in [1.807, 2.05) is 0 Å². The highest BCUT2D eigenvalue weighted by atomic mass is 16.6. The fraction of sp³-hybridized carbons (Fsp3) is 0.222. The monoisotopic (exact) mass is 234 g/mol. The molecule has 0 spiro atoms. The lowest BCUT2D eigenvalue weighted by Crippen LogP contribution is -2.08. The van der Waals surface area contributed by atoms with E-state index in [2.05, 4.69) is 15.1 Å². The van der Waals surface area contributed by atoms with E-state index < -0.39 is 4.92 Å². The van der Waals surface area contributed by atoms with Gasteiger partial charge in [-0.2, -0.15) is 9.78 Å². The Morgan fingerprint density at radius 3 is 2.41 bits per heavy atom. The maximum absolute atomic E-state index is 10.6. The number of aryl methyl sites for hydroxylation is 2. The minimum absolute atomic E-state index is 0.0833. The predicted molar refractivity (Wildman–Crippen MR) is 59.7 cm³/mol. The van der Waals surface area contributed by atoms with Gasteiger partial charge in [-0.25, -0.2) is 9.97 Å². The Balaban J connectivity index is 2.57. The smallest absolute Gasteiger partial charge is 0.331 e. The molecule has 88 valence electrons. The highest BCUT2D eigenvalue weighted by molar-refractivity contribution is 5.53. The van der Waals surface area contributed by atoms with Crippen molar-refractivity contribution in [2.24, 2.45) is 0 Å². The van der Waals surface area contributed by atoms with E-state index in [-0.39, 0.29) is 17.5 Å². The number of nitrogen functional groups attached to an aromatic ring is 1. The lowest BCUT2D eigenvalue weighted by molar-refractivity contribution is -0.383. The van der Waals surface area contributed by atoms with Gasteiger partial charge in [0.2, 0.25) is 5.82 Å². The number of nitro groups is 1. The molecular formula is C9H10N6O2. The molecule has 2 N–H and O–H groups in total. The molecule has 0 aliphatic heterocycles. The second-order valence-corrected chi connectivity index (χ2v) is 3.53. The lowest BCUT2D eigenvalue weighted by atomic mass is 10.4. The molecule has 0 radical (unpaired) electrons. The first-order valence-electron chi connectivity index (χ1n) is 4.79. The molecule has 0 aliphatic carbocycles. The third kappa shape index (κ3) is 1.92. The Bertz CT molecular complexity index is 571. The number of nitrogens with zero attached hydrogens (tertiary/aromatic N) is 5. The molecule has 0 unspecified atom stereocenters. The van der Waals surface area contributed by atoms with Gasteiger partial charge in [0.1, 0.15) is 6.20 Å². The fourth-order valence-electron chi connectivity index (χ4n) is 1.45. The summed E-state index contributed by atoms with van der Waals surface area (Å²) in [7, 11) is 0. The van der Waals surface area contributed by atoms with Gasteiger partial charge in [0.15, 0.2) is 0 Å². The summed E-state index contributed by atoms with van der Waals surface area (Å²) in [5.41, 5.74) is 6.84. The zero-order valence-corrected chi connectivity index (χ0v) is 9.28. The molecule has 0 amide bonds. The summed E-state index contributed by atoms with van der Waals surface area (Å²) in [4.78, 5) is 18.3. The van der Waals surface area contributed by atoms with Crippen LogP contribution in [0, 0.1) is 24.0 Å². The largest absolute Gasteiger partial charge is 0.378 e. The standard InChI is InChI=1S/C9H10N6O2/c1-5-3-6(2)13-9(12-5)14-8(10)7(4-11-14)15(16)17/h3-4H,10H2,1-2H3. The first-order chi connectivity index (χ1) is 7.99. The van der Waals surface area contributed by atoms with Gasteiger partial charge in [0.05, 0.1) is 4.92 Å². The molecule has 0 aliphatic rings. The Hall–Kier alpha value is -2.51. The van der Waals surface area contributed by atoms with Crippen LogP contribution >= 0.6 is 0 Å². The van der Waals surface area contributed by atoms with Crippen LogP contribution in [0.5, 0.6) is 0 Å². The molecule has 8 nitrogen and oxygen atoms in total. The van der Waals surface area contributed by atoms with Crippen molar-refractivity contribution in [3.63, 3.8) is 0 Å². The minimum Gasteiger partial charge on any atom is -0.378 e. The van der Waals surface area contributed by atoms with Gasteiger partial charge in [-0.05, 0) is 19.9 Å². The average Bonchev–Trinajstić information content (AvgIpc) is 2.58. The maximum Gasteiger partial charge on any atom is 0.331 e. The number of hydrogen-bond donors (Lipinski definition) is 1. The van der Waals surface area contributed by atoms with Gasteiger partial charge >= 0.3 is 5.69 Å². The van der Waals surface area contributed by atoms with Crippen molar-refractivity contribution in [2.75, 3.05) is 5.73 Å². The molecule has 0 bridgehead atoms. The first-order valence-corrected chi connectivity index (χ1v) is 4.79. The van der Waals surface area contributed by atoms with Gasteiger partial charge in [-0.3, -0.25) is 10.1 Å². The average molecular weight is 234 g/mol. The van der Waals surface area contributed by atoms with Crippen molar-refractivity contribution in [1.29, 1.82) is 0 Å². The topological polar surface area (TPSA) is 113 Å². The second-order valence-electron chi connectivity index (χ2n) is 3.53. The van der Waals surface area contributed by atoms with E-state index in [1.165, 1.54) is 0 Å². The molecule has 17 heavy (non-hydrogen) atoms. The molecule has 0 saturated carbocycles. The van der Waals surface area contributed by atoms with E-state index >= 15 is 0 Å². The molecule has 0 fully saturated rings. The summed E-state index contributed by atoms with van der Waals surface area (Å²) in [5, 5.41) is 14.4. The molecule has 2 aromatic heterocycles. The van der Waals surface area contributed by atoms with Gasteiger partial charge < -0.3 is 5.73 Å². The van der Waals surface area contributed by atoms with Crippen LogP contribution in [-0.4, -0.2) is 24.7 Å². The Morgan fingerprint density at radius 2 is 1.94 bits per heavy atom. The van der Waals surface area contributed by atoms with Crippen molar-refractivity contribution in [3.05, 3.63) is 33.8 Å². The van der Waals surface area contributed by atoms with Crippen LogP contribution < -0.4 is 5.73 Å². The number of anilines is 1. The van der Waals surface area contributed by atoms with Crippen LogP contribution in [-0.2, 0) is 0 Å². The number of aromatic nitrogens is 4. The Morgan fingerprint density at radius 1 is 1.35 bits per heavy atom. The van der Waals surface area contributed by atoms with Crippen molar-refractivity contribution in [1.82, 2.24) is 19.7 Å². The molecule has 2 aromatic rings. The van der Waals surface area contributed by atoms with E-state index in [4.69, 9.17) is 5.73 Å². The summed E-state index contributed by atoms with van der Waals surface area (Å²) < 4.78 is 1.15. The zero-order chi connectivity index (χ0) is 12.6. The van der Waals surface area contributed by atoms with Gasteiger partial charge in [0, 0.05) is 11.4 Å². The second kappa shape index (κ2) is 3.81. The van der Waals surface area contributed by atoms with Crippen molar-refractivity contribution in [3.8, 4) is 5.95 Å². The summed E-state index contributed by atoms with van der Waals surface area (Å²) in [6, 6.07) is 1.79. The summed E-state index contributed by atoms with van der Waals surface area (Å²) in [5.74, 6) is 0.146. The van der Waals surface area contributed by atoms with Crippen LogP contribution in [0.3, 0.4) is 0 Å². The van der Waals surface area contributed by atoms with E-state index in [1.54, 1.807) is 19.9 Å². The maximum atomic E-state index is 10.6. The molecule has 8 heteroatoms. The molecular weight excluding hydrogens is 224 g/mol. The molecule has 2 rings (SSSR count).